The van der Waals surface area contributed by atoms with Gasteiger partial charge in [-0.1, -0.05) is 29.8 Å². The van der Waals surface area contributed by atoms with Crippen molar-refractivity contribution in [1.82, 2.24) is 9.55 Å². The summed E-state index contributed by atoms with van der Waals surface area (Å²) in [5.41, 5.74) is 1.41. The molecule has 2 heterocycles. The molecular weight excluding hydrogens is 396 g/mol. The van der Waals surface area contributed by atoms with Gasteiger partial charge in [0, 0.05) is 0 Å². The van der Waals surface area contributed by atoms with Crippen LogP contribution in [0.5, 0.6) is 5.75 Å². The van der Waals surface area contributed by atoms with E-state index in [1.165, 1.54) is 4.57 Å². The van der Waals surface area contributed by atoms with Gasteiger partial charge in [0.1, 0.15) is 18.1 Å². The predicted octanol–water partition coefficient (Wildman–Crippen LogP) is 3.86. The first-order valence-electron chi connectivity index (χ1n) is 9.92. The third kappa shape index (κ3) is 4.66. The molecule has 0 aliphatic rings. The first-order chi connectivity index (χ1) is 15.0. The second-order valence-electron chi connectivity index (χ2n) is 7.20. The molecule has 2 aromatic heterocycles. The van der Waals surface area contributed by atoms with Crippen molar-refractivity contribution in [2.24, 2.45) is 0 Å². The van der Waals surface area contributed by atoms with Gasteiger partial charge in [-0.25, -0.2) is 9.78 Å². The Balaban J connectivity index is 1.54. The number of hydrogen-bond acceptors (Lipinski definition) is 6. The van der Waals surface area contributed by atoms with Crippen molar-refractivity contribution in [3.8, 4) is 5.75 Å². The monoisotopic (exact) mass is 418 g/mol. The zero-order chi connectivity index (χ0) is 21.8. The van der Waals surface area contributed by atoms with Crippen molar-refractivity contribution in [2.75, 3.05) is 0 Å². The lowest BCUT2D eigenvalue weighted by Crippen LogP contribution is -2.29. The van der Waals surface area contributed by atoms with Gasteiger partial charge in [0.2, 0.25) is 0 Å². The average molecular weight is 418 g/mol. The number of aromatic nitrogens is 2. The van der Waals surface area contributed by atoms with E-state index in [0.717, 1.165) is 5.56 Å². The van der Waals surface area contributed by atoms with Crippen molar-refractivity contribution in [2.45, 2.75) is 33.1 Å². The van der Waals surface area contributed by atoms with E-state index in [-0.39, 0.29) is 18.7 Å². The summed E-state index contributed by atoms with van der Waals surface area (Å²) >= 11 is 0. The molecule has 0 aliphatic heterocycles. The van der Waals surface area contributed by atoms with Gasteiger partial charge >= 0.3 is 5.97 Å². The molecule has 0 saturated carbocycles. The largest absolute Gasteiger partial charge is 0.479 e. The average Bonchev–Trinajstić information content (AvgIpc) is 3.29. The van der Waals surface area contributed by atoms with Gasteiger partial charge in [-0.05, 0) is 50.2 Å². The molecule has 0 radical (unpaired) electrons. The minimum atomic E-state index is -0.812. The predicted molar refractivity (Wildman–Crippen MR) is 115 cm³/mol. The van der Waals surface area contributed by atoms with Gasteiger partial charge in [-0.3, -0.25) is 9.36 Å². The van der Waals surface area contributed by atoms with E-state index >= 15 is 0 Å². The number of nitrogens with zero attached hydrogens (tertiary/aromatic N) is 2. The van der Waals surface area contributed by atoms with Crippen LogP contribution in [-0.2, 0) is 22.7 Å². The summed E-state index contributed by atoms with van der Waals surface area (Å²) in [4.78, 5) is 30.1. The molecule has 0 aliphatic carbocycles. The molecular formula is C24H22N2O5. The first-order valence-corrected chi connectivity index (χ1v) is 9.92. The number of ether oxygens (including phenoxy) is 2. The fourth-order valence-corrected chi connectivity index (χ4v) is 3.17. The van der Waals surface area contributed by atoms with Crippen LogP contribution in [0.1, 0.15) is 24.1 Å². The number of esters is 1. The van der Waals surface area contributed by atoms with Gasteiger partial charge in [0.15, 0.2) is 11.9 Å². The molecule has 7 nitrogen and oxygen atoms in total. The van der Waals surface area contributed by atoms with E-state index in [0.29, 0.717) is 28.2 Å². The maximum absolute atomic E-state index is 13.0. The maximum atomic E-state index is 13.0. The molecule has 0 fully saturated rings. The SMILES string of the molecule is Cc1ccc(O[C@@H](C)C(=O)OCc2nc3ccccc3c(=O)n2Cc2ccco2)cc1. The topological polar surface area (TPSA) is 83.6 Å². The quantitative estimate of drug-likeness (QED) is 0.424. The number of rotatable bonds is 7. The van der Waals surface area contributed by atoms with Gasteiger partial charge in [-0.2, -0.15) is 0 Å². The number of hydrogen-bond donors (Lipinski definition) is 0. The molecule has 0 N–H and O–H groups in total. The molecule has 0 amide bonds. The number of para-hydroxylation sites is 1. The van der Waals surface area contributed by atoms with Crippen LogP contribution in [0.25, 0.3) is 10.9 Å². The Kier molecular flexibility index (Phi) is 5.84. The van der Waals surface area contributed by atoms with E-state index in [4.69, 9.17) is 13.9 Å². The normalized spacial score (nSPS) is 11.9. The summed E-state index contributed by atoms with van der Waals surface area (Å²) < 4.78 is 17.9. The van der Waals surface area contributed by atoms with Crippen LogP contribution in [0, 0.1) is 6.92 Å². The van der Waals surface area contributed by atoms with Gasteiger partial charge < -0.3 is 13.9 Å². The molecule has 4 rings (SSSR count). The zero-order valence-electron chi connectivity index (χ0n) is 17.3. The summed E-state index contributed by atoms with van der Waals surface area (Å²) in [7, 11) is 0. The number of carbonyl (C=O) groups is 1. The Morgan fingerprint density at radius 1 is 1.10 bits per heavy atom. The molecule has 158 valence electrons. The minimum Gasteiger partial charge on any atom is -0.479 e. The van der Waals surface area contributed by atoms with Crippen molar-refractivity contribution in [3.05, 3.63) is 94.4 Å². The summed E-state index contributed by atoms with van der Waals surface area (Å²) in [6.45, 7) is 3.61. The van der Waals surface area contributed by atoms with Crippen molar-refractivity contribution >= 4 is 16.9 Å². The number of furan rings is 1. The highest BCUT2D eigenvalue weighted by Gasteiger charge is 2.19. The van der Waals surface area contributed by atoms with E-state index in [1.807, 2.05) is 19.1 Å². The van der Waals surface area contributed by atoms with Crippen LogP contribution in [-0.4, -0.2) is 21.6 Å². The number of carbonyl (C=O) groups excluding carboxylic acids is 1. The fourth-order valence-electron chi connectivity index (χ4n) is 3.17. The van der Waals surface area contributed by atoms with Crippen LogP contribution in [0.2, 0.25) is 0 Å². The summed E-state index contributed by atoms with van der Waals surface area (Å²) in [6, 6.07) is 18.0. The van der Waals surface area contributed by atoms with Crippen molar-refractivity contribution in [3.63, 3.8) is 0 Å². The van der Waals surface area contributed by atoms with Gasteiger partial charge in [0.25, 0.3) is 5.56 Å². The second kappa shape index (κ2) is 8.87. The lowest BCUT2D eigenvalue weighted by Gasteiger charge is -2.16. The minimum absolute atomic E-state index is 0.165. The van der Waals surface area contributed by atoms with Crippen LogP contribution in [0.15, 0.2) is 76.1 Å². The zero-order valence-corrected chi connectivity index (χ0v) is 17.3. The number of benzene rings is 2. The lowest BCUT2D eigenvalue weighted by atomic mass is 10.2. The Morgan fingerprint density at radius 3 is 2.61 bits per heavy atom. The summed E-state index contributed by atoms with van der Waals surface area (Å²) in [5.74, 6) is 0.958. The Hall–Kier alpha value is -3.87. The maximum Gasteiger partial charge on any atom is 0.347 e. The third-order valence-electron chi connectivity index (χ3n) is 4.84. The van der Waals surface area contributed by atoms with Crippen molar-refractivity contribution < 1.29 is 18.7 Å². The number of fused-ring (bicyclic) bond motifs is 1. The fraction of sp³-hybridized carbons (Fsp3) is 0.208. The Bertz CT molecular complexity index is 1240. The first kappa shape index (κ1) is 20.4. The van der Waals surface area contributed by atoms with Gasteiger partial charge in [0.05, 0.1) is 23.7 Å². The molecule has 0 saturated heterocycles. The van der Waals surface area contributed by atoms with E-state index in [1.54, 1.807) is 61.7 Å². The Morgan fingerprint density at radius 2 is 1.87 bits per heavy atom. The second-order valence-corrected chi connectivity index (χ2v) is 7.20. The van der Waals surface area contributed by atoms with Gasteiger partial charge in [-0.15, -0.1) is 0 Å². The summed E-state index contributed by atoms with van der Waals surface area (Å²) in [5, 5.41) is 0.486. The highest BCUT2D eigenvalue weighted by Crippen LogP contribution is 2.15. The molecule has 2 aromatic carbocycles. The molecule has 0 bridgehead atoms. The van der Waals surface area contributed by atoms with E-state index in [2.05, 4.69) is 4.98 Å². The molecule has 0 unspecified atom stereocenters. The third-order valence-corrected chi connectivity index (χ3v) is 4.84. The summed E-state index contributed by atoms with van der Waals surface area (Å²) in [6.07, 6.45) is 0.729. The molecule has 0 spiro atoms. The molecule has 4 aromatic rings. The van der Waals surface area contributed by atoms with Crippen LogP contribution < -0.4 is 10.3 Å². The molecule has 31 heavy (non-hydrogen) atoms. The lowest BCUT2D eigenvalue weighted by molar-refractivity contribution is -0.152. The Labute approximate surface area is 178 Å². The molecule has 1 atom stereocenters. The number of aryl methyl sites for hydroxylation is 1. The smallest absolute Gasteiger partial charge is 0.347 e. The highest BCUT2D eigenvalue weighted by molar-refractivity contribution is 5.77. The van der Waals surface area contributed by atoms with E-state index < -0.39 is 12.1 Å². The highest BCUT2D eigenvalue weighted by atomic mass is 16.6. The van der Waals surface area contributed by atoms with Crippen LogP contribution in [0.4, 0.5) is 0 Å². The van der Waals surface area contributed by atoms with Crippen molar-refractivity contribution in [1.29, 1.82) is 0 Å². The van der Waals surface area contributed by atoms with E-state index in [9.17, 15) is 9.59 Å². The van der Waals surface area contributed by atoms with Crippen LogP contribution in [0.3, 0.4) is 0 Å². The van der Waals surface area contributed by atoms with Crippen LogP contribution >= 0.6 is 0 Å². The molecule has 7 heteroatoms. The standard InChI is InChI=1S/C24H22N2O5/c1-16-9-11-18(12-10-16)31-17(2)24(28)30-15-22-25-21-8-4-3-7-20(21)23(27)26(22)14-19-6-5-13-29-19/h3-13,17H,14-15H2,1-2H3/t17-/m0/s1.